The van der Waals surface area contributed by atoms with Crippen molar-refractivity contribution >= 4 is 52.6 Å². The van der Waals surface area contributed by atoms with Crippen molar-refractivity contribution in [3.05, 3.63) is 35.7 Å². The van der Waals surface area contributed by atoms with Gasteiger partial charge in [0.2, 0.25) is 5.91 Å². The average Bonchev–Trinajstić information content (AvgIpc) is 3.16. The molecule has 0 bridgehead atoms. The van der Waals surface area contributed by atoms with Crippen molar-refractivity contribution < 1.29 is 23.8 Å². The zero-order chi connectivity index (χ0) is 21.0. The number of fused-ring (bicyclic) bond motifs is 1. The van der Waals surface area contributed by atoms with Crippen molar-refractivity contribution in [2.75, 3.05) is 23.7 Å². The molecule has 0 saturated carbocycles. The van der Waals surface area contributed by atoms with E-state index < -0.39 is 11.3 Å². The van der Waals surface area contributed by atoms with Gasteiger partial charge in [0.25, 0.3) is 5.91 Å². The lowest BCUT2D eigenvalue weighted by atomic mass is 10.1. The van der Waals surface area contributed by atoms with E-state index >= 15 is 0 Å². The Hall–Kier alpha value is -2.94. The number of benzene rings is 1. The molecule has 2 aliphatic rings. The monoisotopic (exact) mass is 415 g/mol. The van der Waals surface area contributed by atoms with Gasteiger partial charge in [-0.1, -0.05) is 13.3 Å². The van der Waals surface area contributed by atoms with Crippen molar-refractivity contribution in [2.45, 2.75) is 31.9 Å². The van der Waals surface area contributed by atoms with E-state index in [4.69, 9.17) is 0 Å². The molecule has 8 nitrogen and oxygen atoms in total. The molecule has 29 heavy (non-hydrogen) atoms. The van der Waals surface area contributed by atoms with Crippen molar-refractivity contribution in [1.82, 2.24) is 4.90 Å². The predicted octanol–water partition coefficient (Wildman–Crippen LogP) is 2.43. The van der Waals surface area contributed by atoms with Gasteiger partial charge in [-0.2, -0.15) is 14.3 Å². The molecule has 0 aromatic heterocycles. The summed E-state index contributed by atoms with van der Waals surface area (Å²) in [4.78, 5) is 50.4. The summed E-state index contributed by atoms with van der Waals surface area (Å²) in [5, 5.41) is 6.70. The number of imide groups is 1. The first-order valence-electron chi connectivity index (χ1n) is 9.40. The summed E-state index contributed by atoms with van der Waals surface area (Å²) in [5.41, 5.74) is 1.72. The smallest absolute Gasteiger partial charge is 0.326 e. The lowest BCUT2D eigenvalue weighted by Crippen LogP contribution is -2.56. The minimum atomic E-state index is -0.478. The van der Waals surface area contributed by atoms with E-state index in [9.17, 15) is 19.2 Å². The normalized spacial score (nSPS) is 18.1. The molecule has 152 valence electrons. The van der Waals surface area contributed by atoms with Crippen LogP contribution in [0.25, 0.3) is 0 Å². The molecule has 5 amide bonds. The Kier molecular flexibility index (Phi) is 6.48. The van der Waals surface area contributed by atoms with Crippen LogP contribution in [0, 0.1) is 0 Å². The Morgan fingerprint density at radius 1 is 1.14 bits per heavy atom. The molecular formula is C20H23N4O4S+. The van der Waals surface area contributed by atoms with Crippen LogP contribution < -0.4 is 10.6 Å². The van der Waals surface area contributed by atoms with E-state index in [1.807, 2.05) is 6.92 Å². The van der Waals surface area contributed by atoms with Gasteiger partial charge in [0.15, 0.2) is 11.8 Å². The molecule has 0 radical (unpaired) electrons. The molecule has 0 fully saturated rings. The van der Waals surface area contributed by atoms with Crippen molar-refractivity contribution in [1.29, 1.82) is 0 Å². The third kappa shape index (κ3) is 4.73. The van der Waals surface area contributed by atoms with Gasteiger partial charge in [-0.15, -0.1) is 11.8 Å². The summed E-state index contributed by atoms with van der Waals surface area (Å²) < 4.78 is 1.37. The molecule has 2 N–H and O–H groups in total. The van der Waals surface area contributed by atoms with E-state index in [2.05, 4.69) is 10.6 Å². The highest BCUT2D eigenvalue weighted by Gasteiger charge is 2.49. The van der Waals surface area contributed by atoms with Crippen LogP contribution in [-0.4, -0.2) is 57.3 Å². The highest BCUT2D eigenvalue weighted by Crippen LogP contribution is 2.28. The second-order valence-electron chi connectivity index (χ2n) is 6.76. The minimum absolute atomic E-state index is 0.179. The van der Waals surface area contributed by atoms with Gasteiger partial charge < -0.3 is 10.6 Å². The van der Waals surface area contributed by atoms with Crippen LogP contribution in [0.15, 0.2) is 35.7 Å². The molecule has 1 unspecified atom stereocenters. The largest absolute Gasteiger partial charge is 0.501 e. The highest BCUT2D eigenvalue weighted by molar-refractivity contribution is 8.04. The number of nitrogens with one attached hydrogen (secondary N) is 2. The summed E-state index contributed by atoms with van der Waals surface area (Å²) >= 11 is 1.35. The number of nitrogens with zero attached hydrogens (tertiary/aromatic N) is 2. The Morgan fingerprint density at radius 3 is 2.41 bits per heavy atom. The summed E-state index contributed by atoms with van der Waals surface area (Å²) in [5.74, 6) is -0.771. The van der Waals surface area contributed by atoms with Crippen LogP contribution >= 0.6 is 11.8 Å². The molecule has 9 heteroatoms. The van der Waals surface area contributed by atoms with Crippen molar-refractivity contribution in [3.63, 3.8) is 0 Å². The number of hydrogen-bond donors (Lipinski definition) is 2. The van der Waals surface area contributed by atoms with Crippen LogP contribution in [0.5, 0.6) is 0 Å². The number of urea groups is 1. The van der Waals surface area contributed by atoms with Gasteiger partial charge in [0.05, 0.1) is 6.54 Å². The van der Waals surface area contributed by atoms with E-state index in [1.54, 1.807) is 35.7 Å². The summed E-state index contributed by atoms with van der Waals surface area (Å²) in [6, 6.07) is 6.22. The molecule has 2 aliphatic heterocycles. The summed E-state index contributed by atoms with van der Waals surface area (Å²) in [7, 11) is 0. The van der Waals surface area contributed by atoms with E-state index in [0.717, 1.165) is 12.8 Å². The number of hydrogen-bond acceptors (Lipinski definition) is 5. The highest BCUT2D eigenvalue weighted by atomic mass is 32.2. The topological polar surface area (TPSA) is 98.6 Å². The Morgan fingerprint density at radius 2 is 1.79 bits per heavy atom. The third-order valence-electron chi connectivity index (χ3n) is 4.51. The van der Waals surface area contributed by atoms with Crippen LogP contribution in [0.3, 0.4) is 0 Å². The van der Waals surface area contributed by atoms with Crippen LogP contribution in [0.4, 0.5) is 16.2 Å². The second kappa shape index (κ2) is 9.04. The molecular weight excluding hydrogens is 392 g/mol. The SMILES string of the molecule is CCCCN1C(=O)C2SC=CC2=[N+](CC(=O)Nc2ccc(NC(C)=O)cc2)C1=O. The zero-order valence-corrected chi connectivity index (χ0v) is 17.1. The van der Waals surface area contributed by atoms with Gasteiger partial charge >= 0.3 is 11.9 Å². The number of unbranched alkanes of at least 4 members (excludes halogenated alkanes) is 1. The molecule has 1 aromatic rings. The summed E-state index contributed by atoms with van der Waals surface area (Å²) in [6.45, 7) is 3.57. The standard InChI is InChI=1S/C20H22N4O4S/c1-3-4-10-23-19(27)18-16(9-11-29-18)24(20(23)28)12-17(26)22-15-7-5-14(6-8-15)21-13(2)25/h5-9,11,18H,3-4,10,12H2,1-2H3,(H-,21,22,25,26)/p+1. The van der Waals surface area contributed by atoms with Crippen molar-refractivity contribution in [2.24, 2.45) is 0 Å². The number of anilines is 2. The van der Waals surface area contributed by atoms with E-state index in [0.29, 0.717) is 23.6 Å². The fourth-order valence-corrected chi connectivity index (χ4v) is 4.08. The number of amides is 5. The predicted molar refractivity (Wildman–Crippen MR) is 112 cm³/mol. The third-order valence-corrected chi connectivity index (χ3v) is 5.52. The lowest BCUT2D eigenvalue weighted by Gasteiger charge is -2.24. The molecule has 0 saturated heterocycles. The van der Waals surface area contributed by atoms with E-state index in [-0.39, 0.29) is 24.3 Å². The molecule has 3 rings (SSSR count). The maximum atomic E-state index is 12.9. The molecule has 2 heterocycles. The Balaban J connectivity index is 1.73. The van der Waals surface area contributed by atoms with Crippen molar-refractivity contribution in [3.8, 4) is 0 Å². The summed E-state index contributed by atoms with van der Waals surface area (Å²) in [6.07, 6.45) is 3.30. The molecule has 0 aliphatic carbocycles. The fraction of sp³-hybridized carbons (Fsp3) is 0.350. The molecule has 1 atom stereocenters. The number of rotatable bonds is 7. The number of thioether (sulfide) groups is 1. The second-order valence-corrected chi connectivity index (χ2v) is 7.78. The maximum absolute atomic E-state index is 12.9. The van der Waals surface area contributed by atoms with E-state index in [1.165, 1.54) is 28.2 Å². The Bertz CT molecular complexity index is 908. The zero-order valence-electron chi connectivity index (χ0n) is 16.3. The lowest BCUT2D eigenvalue weighted by molar-refractivity contribution is -0.425. The quantitative estimate of drug-likeness (QED) is 0.667. The van der Waals surface area contributed by atoms with Crippen LogP contribution in [0.1, 0.15) is 26.7 Å². The van der Waals surface area contributed by atoms with Crippen LogP contribution in [-0.2, 0) is 14.4 Å². The number of carbonyl (C=O) groups excluding carboxylic acids is 4. The van der Waals surface area contributed by atoms with Gasteiger partial charge in [0, 0.05) is 18.3 Å². The molecule has 1 aromatic carbocycles. The Labute approximate surface area is 173 Å². The van der Waals surface area contributed by atoms with Gasteiger partial charge in [-0.3, -0.25) is 9.59 Å². The van der Waals surface area contributed by atoms with Gasteiger partial charge in [-0.25, -0.2) is 4.79 Å². The van der Waals surface area contributed by atoms with Gasteiger partial charge in [0.1, 0.15) is 5.71 Å². The average molecular weight is 415 g/mol. The van der Waals surface area contributed by atoms with Crippen LogP contribution in [0.2, 0.25) is 0 Å². The fourth-order valence-electron chi connectivity index (χ4n) is 3.12. The number of allylic oxidation sites excluding steroid dienone is 1. The van der Waals surface area contributed by atoms with Gasteiger partial charge in [-0.05, 0) is 42.2 Å². The number of carbonyl (C=O) groups is 4. The first kappa shape index (κ1) is 20.8. The first-order valence-corrected chi connectivity index (χ1v) is 10.3. The first-order chi connectivity index (χ1) is 13.9. The molecule has 0 spiro atoms. The minimum Gasteiger partial charge on any atom is -0.326 e. The maximum Gasteiger partial charge on any atom is 0.501 e.